The molecule has 2 aromatic rings. The van der Waals surface area contributed by atoms with Crippen molar-refractivity contribution < 1.29 is 4.79 Å². The summed E-state index contributed by atoms with van der Waals surface area (Å²) >= 11 is 0. The van der Waals surface area contributed by atoms with Crippen molar-refractivity contribution in [2.75, 3.05) is 5.32 Å². The average molecular weight is 374 g/mol. The fraction of sp³-hybridized carbons (Fsp3) is 0.333. The van der Waals surface area contributed by atoms with E-state index in [0.29, 0.717) is 0 Å². The lowest BCUT2D eigenvalue weighted by molar-refractivity contribution is -0.117. The van der Waals surface area contributed by atoms with Gasteiger partial charge in [0.1, 0.15) is 11.6 Å². The first kappa shape index (κ1) is 19.7. The molecule has 28 heavy (non-hydrogen) atoms. The van der Waals surface area contributed by atoms with Gasteiger partial charge in [0, 0.05) is 11.9 Å². The highest BCUT2D eigenvalue weighted by atomic mass is 16.1. The van der Waals surface area contributed by atoms with Crippen LogP contribution in [0.5, 0.6) is 0 Å². The Morgan fingerprint density at radius 2 is 1.82 bits per heavy atom. The molecular formula is C24H27N3O. The van der Waals surface area contributed by atoms with Crippen LogP contribution >= 0.6 is 0 Å². The third-order valence-corrected chi connectivity index (χ3v) is 5.48. The first-order chi connectivity index (χ1) is 13.5. The van der Waals surface area contributed by atoms with E-state index in [2.05, 4.69) is 28.8 Å². The van der Waals surface area contributed by atoms with E-state index >= 15 is 0 Å². The molecule has 3 rings (SSSR count). The molecule has 2 N–H and O–H groups in total. The number of amides is 1. The number of hydrogen-bond donors (Lipinski definition) is 2. The number of nitriles is 1. The summed E-state index contributed by atoms with van der Waals surface area (Å²) in [6.07, 6.45) is 6.19. The number of fused-ring (bicyclic) bond motifs is 1. The van der Waals surface area contributed by atoms with E-state index in [1.165, 1.54) is 35.7 Å². The van der Waals surface area contributed by atoms with E-state index in [9.17, 15) is 10.1 Å². The van der Waals surface area contributed by atoms with Gasteiger partial charge in [0.2, 0.25) is 0 Å². The van der Waals surface area contributed by atoms with Gasteiger partial charge in [-0.3, -0.25) is 4.79 Å². The number of benzene rings is 2. The van der Waals surface area contributed by atoms with Gasteiger partial charge in [0.05, 0.1) is 6.04 Å². The minimum absolute atomic E-state index is 0.0584. The molecule has 0 aromatic heterocycles. The van der Waals surface area contributed by atoms with Gasteiger partial charge in [-0.2, -0.15) is 5.26 Å². The number of nitrogens with zero attached hydrogens (tertiary/aromatic N) is 1. The van der Waals surface area contributed by atoms with Crippen molar-refractivity contribution in [3.05, 3.63) is 76.0 Å². The van der Waals surface area contributed by atoms with Crippen molar-refractivity contribution in [3.63, 3.8) is 0 Å². The van der Waals surface area contributed by atoms with Crippen LogP contribution in [0.1, 0.15) is 53.6 Å². The van der Waals surface area contributed by atoms with Gasteiger partial charge >= 0.3 is 0 Å². The summed E-state index contributed by atoms with van der Waals surface area (Å²) in [6, 6.07) is 14.2. The number of anilines is 1. The molecule has 1 aliphatic rings. The molecule has 0 radical (unpaired) electrons. The minimum Gasteiger partial charge on any atom is -0.360 e. The molecule has 0 heterocycles. The van der Waals surface area contributed by atoms with Crippen LogP contribution in [0.3, 0.4) is 0 Å². The molecule has 144 valence electrons. The van der Waals surface area contributed by atoms with Crippen molar-refractivity contribution in [2.24, 2.45) is 0 Å². The maximum absolute atomic E-state index is 12.5. The number of nitrogens with one attached hydrogen (secondary N) is 2. The van der Waals surface area contributed by atoms with Crippen LogP contribution in [0.25, 0.3) is 0 Å². The third kappa shape index (κ3) is 4.61. The van der Waals surface area contributed by atoms with E-state index in [1.54, 1.807) is 0 Å². The number of carbonyl (C=O) groups is 1. The van der Waals surface area contributed by atoms with Crippen molar-refractivity contribution in [2.45, 2.75) is 52.5 Å². The molecular weight excluding hydrogens is 346 g/mol. The van der Waals surface area contributed by atoms with Crippen LogP contribution in [0.15, 0.2) is 48.2 Å². The Balaban J connectivity index is 1.67. The molecule has 0 aliphatic heterocycles. The van der Waals surface area contributed by atoms with Crippen molar-refractivity contribution in [1.82, 2.24) is 5.32 Å². The molecule has 0 saturated heterocycles. The second-order valence-corrected chi connectivity index (χ2v) is 7.54. The number of aryl methyl sites for hydroxylation is 4. The third-order valence-electron chi connectivity index (χ3n) is 5.48. The molecule has 0 bridgehead atoms. The predicted molar refractivity (Wildman–Crippen MR) is 113 cm³/mol. The van der Waals surface area contributed by atoms with E-state index in [4.69, 9.17) is 0 Å². The lowest BCUT2D eigenvalue weighted by Gasteiger charge is -2.20. The van der Waals surface area contributed by atoms with Crippen molar-refractivity contribution in [3.8, 4) is 6.07 Å². The van der Waals surface area contributed by atoms with E-state index in [1.807, 2.05) is 45.0 Å². The van der Waals surface area contributed by atoms with Gasteiger partial charge in [-0.05, 0) is 86.4 Å². The maximum Gasteiger partial charge on any atom is 0.263 e. The summed E-state index contributed by atoms with van der Waals surface area (Å²) in [4.78, 5) is 12.5. The summed E-state index contributed by atoms with van der Waals surface area (Å²) in [5, 5.41) is 15.4. The molecule has 1 aliphatic carbocycles. The lowest BCUT2D eigenvalue weighted by Crippen LogP contribution is -2.28. The van der Waals surface area contributed by atoms with Gasteiger partial charge in [0.15, 0.2) is 0 Å². The fourth-order valence-electron chi connectivity index (χ4n) is 3.52. The molecule has 2 aromatic carbocycles. The Bertz CT molecular complexity index is 953. The predicted octanol–water partition coefficient (Wildman–Crippen LogP) is 4.88. The van der Waals surface area contributed by atoms with Crippen LogP contribution < -0.4 is 10.6 Å². The van der Waals surface area contributed by atoms with Crippen LogP contribution in [0.2, 0.25) is 0 Å². The second kappa shape index (κ2) is 8.75. The van der Waals surface area contributed by atoms with Crippen LogP contribution in [0.4, 0.5) is 5.69 Å². The number of rotatable bonds is 5. The van der Waals surface area contributed by atoms with Crippen molar-refractivity contribution in [1.29, 1.82) is 5.26 Å². The largest absolute Gasteiger partial charge is 0.360 e. The zero-order valence-corrected chi connectivity index (χ0v) is 16.8. The van der Waals surface area contributed by atoms with Gasteiger partial charge in [-0.25, -0.2) is 0 Å². The van der Waals surface area contributed by atoms with E-state index < -0.39 is 0 Å². The van der Waals surface area contributed by atoms with Crippen molar-refractivity contribution >= 4 is 11.6 Å². The number of carbonyl (C=O) groups excluding carboxylic acids is 1. The topological polar surface area (TPSA) is 64.9 Å². The Morgan fingerprint density at radius 3 is 2.54 bits per heavy atom. The first-order valence-corrected chi connectivity index (χ1v) is 9.84. The summed E-state index contributed by atoms with van der Waals surface area (Å²) in [7, 11) is 0. The molecule has 0 spiro atoms. The zero-order valence-electron chi connectivity index (χ0n) is 16.8. The highest BCUT2D eigenvalue weighted by Gasteiger charge is 2.16. The van der Waals surface area contributed by atoms with E-state index in [-0.39, 0.29) is 17.5 Å². The summed E-state index contributed by atoms with van der Waals surface area (Å²) in [5.41, 5.74) is 7.15. The van der Waals surface area contributed by atoms with Crippen LogP contribution in [0, 0.1) is 25.2 Å². The summed E-state index contributed by atoms with van der Waals surface area (Å²) in [5.74, 6) is -0.371. The second-order valence-electron chi connectivity index (χ2n) is 7.54. The monoisotopic (exact) mass is 373 g/mol. The normalized spacial score (nSPS) is 14.6. The molecule has 4 heteroatoms. The quantitative estimate of drug-likeness (QED) is 0.580. The lowest BCUT2D eigenvalue weighted by atomic mass is 9.89. The van der Waals surface area contributed by atoms with Gasteiger partial charge in [-0.15, -0.1) is 0 Å². The Morgan fingerprint density at radius 1 is 1.07 bits per heavy atom. The van der Waals surface area contributed by atoms with Crippen LogP contribution in [-0.4, -0.2) is 5.91 Å². The highest BCUT2D eigenvalue weighted by molar-refractivity contribution is 5.97. The Kier molecular flexibility index (Phi) is 6.16. The first-order valence-electron chi connectivity index (χ1n) is 9.84. The molecule has 1 amide bonds. The fourth-order valence-corrected chi connectivity index (χ4v) is 3.52. The molecule has 0 saturated carbocycles. The zero-order chi connectivity index (χ0) is 20.1. The molecule has 0 fully saturated rings. The van der Waals surface area contributed by atoms with Gasteiger partial charge in [0.25, 0.3) is 5.91 Å². The molecule has 1 atom stereocenters. The SMILES string of the molecule is Cc1ccc(N/C=C(/C#N)C(=O)NC(C)c2ccc3c(c2)CCCC3)cc1C. The standard InChI is InChI=1S/C24H27N3O/c1-16-8-11-23(12-17(16)2)26-15-22(14-25)24(28)27-18(3)20-10-9-19-6-4-5-7-21(19)13-20/h8-13,15,18,26H,4-7H2,1-3H3,(H,27,28)/b22-15-. The van der Waals surface area contributed by atoms with E-state index in [0.717, 1.165) is 29.7 Å². The Hall–Kier alpha value is -3.06. The molecule has 1 unspecified atom stereocenters. The number of hydrogen-bond acceptors (Lipinski definition) is 3. The maximum atomic E-state index is 12.5. The highest BCUT2D eigenvalue weighted by Crippen LogP contribution is 2.25. The summed E-state index contributed by atoms with van der Waals surface area (Å²) in [6.45, 7) is 6.03. The van der Waals surface area contributed by atoms with Gasteiger partial charge < -0.3 is 10.6 Å². The van der Waals surface area contributed by atoms with Crippen LogP contribution in [-0.2, 0) is 17.6 Å². The van der Waals surface area contributed by atoms with Gasteiger partial charge in [-0.1, -0.05) is 24.3 Å². The molecule has 4 nitrogen and oxygen atoms in total. The Labute approximate surface area is 167 Å². The smallest absolute Gasteiger partial charge is 0.263 e. The summed E-state index contributed by atoms with van der Waals surface area (Å²) < 4.78 is 0. The minimum atomic E-state index is -0.371. The average Bonchev–Trinajstić information content (AvgIpc) is 2.70.